The maximum atomic E-state index is 14.4. The Morgan fingerprint density at radius 1 is 1.18 bits per heavy atom. The van der Waals surface area contributed by atoms with Crippen LogP contribution in [0.5, 0.6) is 0 Å². The fourth-order valence-electron chi connectivity index (χ4n) is 7.63. The molecule has 1 amide bonds. The van der Waals surface area contributed by atoms with Gasteiger partial charge in [-0.2, -0.15) is 0 Å². The predicted octanol–water partition coefficient (Wildman–Crippen LogP) is 5.46. The zero-order valence-electron chi connectivity index (χ0n) is 24.6. The van der Waals surface area contributed by atoms with Gasteiger partial charge in [0.2, 0.25) is 0 Å². The highest BCUT2D eigenvalue weighted by atomic mass is 19.1. The van der Waals surface area contributed by atoms with Gasteiger partial charge in [0.05, 0.1) is 6.04 Å². The number of carbonyl (C=O) groups excluding carboxylic acids is 1. The summed E-state index contributed by atoms with van der Waals surface area (Å²) in [5.74, 6) is 2.91. The molecule has 6 nitrogen and oxygen atoms in total. The first-order valence-electron chi connectivity index (χ1n) is 15.1. The molecule has 1 unspecified atom stereocenters. The molecule has 2 bridgehead atoms. The zero-order chi connectivity index (χ0) is 28.2. The molecular formula is C33H44FN5O. The van der Waals surface area contributed by atoms with Gasteiger partial charge in [-0.25, -0.2) is 9.38 Å². The van der Waals surface area contributed by atoms with Crippen LogP contribution in [0, 0.1) is 35.9 Å². The quantitative estimate of drug-likeness (QED) is 0.387. The molecule has 2 aromatic rings. The molecule has 3 saturated carbocycles. The third kappa shape index (κ3) is 5.02. The van der Waals surface area contributed by atoms with Crippen molar-refractivity contribution in [2.45, 2.75) is 72.5 Å². The van der Waals surface area contributed by atoms with E-state index in [9.17, 15) is 9.18 Å². The van der Waals surface area contributed by atoms with E-state index in [1.54, 1.807) is 6.07 Å². The number of rotatable bonds is 5. The number of halogens is 1. The van der Waals surface area contributed by atoms with Crippen LogP contribution in [0.4, 0.5) is 10.1 Å². The molecule has 4 fully saturated rings. The van der Waals surface area contributed by atoms with Crippen molar-refractivity contribution in [2.24, 2.45) is 28.2 Å². The van der Waals surface area contributed by atoms with E-state index in [-0.39, 0.29) is 11.7 Å². The lowest BCUT2D eigenvalue weighted by Crippen LogP contribution is -2.57. The number of fused-ring (bicyclic) bond motifs is 3. The Morgan fingerprint density at radius 2 is 2.00 bits per heavy atom. The Hall–Kier alpha value is -2.93. The summed E-state index contributed by atoms with van der Waals surface area (Å²) in [6.07, 6.45) is 2.99. The van der Waals surface area contributed by atoms with Gasteiger partial charge < -0.3 is 20.4 Å². The van der Waals surface area contributed by atoms with Crippen LogP contribution in [-0.4, -0.2) is 59.9 Å². The van der Waals surface area contributed by atoms with E-state index in [0.717, 1.165) is 66.2 Å². The minimum absolute atomic E-state index is 0.0245. The van der Waals surface area contributed by atoms with E-state index < -0.39 is 0 Å². The number of benzene rings is 2. The number of anilines is 1. The van der Waals surface area contributed by atoms with Crippen LogP contribution >= 0.6 is 0 Å². The number of nitrogens with one attached hydrogen (secondary N) is 2. The second-order valence-electron chi connectivity index (χ2n) is 13.3. The molecule has 2 aromatic carbocycles. The summed E-state index contributed by atoms with van der Waals surface area (Å²) >= 11 is 0. The monoisotopic (exact) mass is 545 g/mol. The molecule has 5 aliphatic rings. The summed E-state index contributed by atoms with van der Waals surface area (Å²) in [5, 5.41) is 7.24. The first-order chi connectivity index (χ1) is 19.1. The molecule has 0 spiro atoms. The third-order valence-corrected chi connectivity index (χ3v) is 10.5. The van der Waals surface area contributed by atoms with Crippen molar-refractivity contribution in [3.8, 4) is 0 Å². The Morgan fingerprint density at radius 3 is 2.75 bits per heavy atom. The second-order valence-corrected chi connectivity index (χ2v) is 13.3. The maximum absolute atomic E-state index is 14.4. The van der Waals surface area contributed by atoms with E-state index in [1.807, 2.05) is 36.1 Å². The van der Waals surface area contributed by atoms with Gasteiger partial charge in [0.1, 0.15) is 5.82 Å². The molecule has 2 aliphatic heterocycles. The Bertz CT molecular complexity index is 1330. The largest absolute Gasteiger partial charge is 0.340 e. The number of piperazine rings is 1. The van der Waals surface area contributed by atoms with Crippen LogP contribution in [0.1, 0.15) is 67.6 Å². The van der Waals surface area contributed by atoms with Crippen LogP contribution < -0.4 is 10.6 Å². The van der Waals surface area contributed by atoms with Crippen molar-refractivity contribution in [1.29, 1.82) is 0 Å². The maximum Gasteiger partial charge on any atom is 0.254 e. The number of guanidine groups is 1. The van der Waals surface area contributed by atoms with Crippen molar-refractivity contribution in [3.63, 3.8) is 0 Å². The standard InChI is InChI=1S/C33H44FN5O/c1-20-6-7-24(29(34)14-20)10-12-38-19-25-15-26(8-9-27(25)31(38)40)36-32(39-13-11-35-21(2)18-39)37-30-17-33(5)16-28(22(30)3)23(33)4/h6-9,14-15,21-23,28,30,35H,10-13,16-19H2,1-5H3,(H,36,37)/t21-,22-,23?,28+,30-,33+/m0/s1. The average Bonchev–Trinajstić information content (AvgIpc) is 3.23. The highest BCUT2D eigenvalue weighted by Crippen LogP contribution is 2.62. The number of hydrogen-bond donors (Lipinski definition) is 2. The van der Waals surface area contributed by atoms with Crippen molar-refractivity contribution >= 4 is 17.6 Å². The molecule has 0 radical (unpaired) electrons. The number of nitrogens with zero attached hydrogens (tertiary/aromatic N) is 3. The van der Waals surface area contributed by atoms with Gasteiger partial charge in [-0.05, 0) is 97.2 Å². The predicted molar refractivity (Wildman–Crippen MR) is 159 cm³/mol. The molecule has 1 saturated heterocycles. The summed E-state index contributed by atoms with van der Waals surface area (Å²) in [5.41, 5.74) is 4.69. The van der Waals surface area contributed by atoms with Crippen LogP contribution in [0.3, 0.4) is 0 Å². The summed E-state index contributed by atoms with van der Waals surface area (Å²) in [6.45, 7) is 15.2. The molecule has 0 aromatic heterocycles. The minimum Gasteiger partial charge on any atom is -0.340 e. The molecule has 3 aliphatic carbocycles. The van der Waals surface area contributed by atoms with Gasteiger partial charge in [0, 0.05) is 50.0 Å². The lowest BCUT2D eigenvalue weighted by Gasteiger charge is -2.61. The van der Waals surface area contributed by atoms with E-state index in [2.05, 4.69) is 49.3 Å². The molecule has 40 heavy (non-hydrogen) atoms. The van der Waals surface area contributed by atoms with Gasteiger partial charge in [-0.1, -0.05) is 32.9 Å². The van der Waals surface area contributed by atoms with Crippen molar-refractivity contribution in [3.05, 3.63) is 64.5 Å². The molecular weight excluding hydrogens is 501 g/mol. The van der Waals surface area contributed by atoms with Crippen LogP contribution in [-0.2, 0) is 13.0 Å². The van der Waals surface area contributed by atoms with Crippen LogP contribution in [0.15, 0.2) is 41.4 Å². The highest BCUT2D eigenvalue weighted by Gasteiger charge is 2.56. The second kappa shape index (κ2) is 10.5. The van der Waals surface area contributed by atoms with Gasteiger partial charge in [-0.15, -0.1) is 0 Å². The topological polar surface area (TPSA) is 60.0 Å². The van der Waals surface area contributed by atoms with Gasteiger partial charge in [-0.3, -0.25) is 4.79 Å². The first kappa shape index (κ1) is 27.3. The minimum atomic E-state index is -0.197. The fourth-order valence-corrected chi connectivity index (χ4v) is 7.63. The highest BCUT2D eigenvalue weighted by molar-refractivity contribution is 6.00. The first-order valence-corrected chi connectivity index (χ1v) is 15.1. The normalized spacial score (nSPS) is 31.7. The number of amides is 1. The number of aliphatic imine (C=N–C) groups is 1. The number of hydrogen-bond acceptors (Lipinski definition) is 3. The molecule has 6 atom stereocenters. The van der Waals surface area contributed by atoms with Gasteiger partial charge in [0.15, 0.2) is 5.96 Å². The zero-order valence-corrected chi connectivity index (χ0v) is 24.6. The van der Waals surface area contributed by atoms with Crippen molar-refractivity contribution in [1.82, 2.24) is 15.1 Å². The van der Waals surface area contributed by atoms with E-state index in [1.165, 1.54) is 6.42 Å². The Kier molecular flexibility index (Phi) is 7.14. The molecule has 7 heteroatoms. The summed E-state index contributed by atoms with van der Waals surface area (Å²) in [4.78, 5) is 22.8. The van der Waals surface area contributed by atoms with Crippen molar-refractivity contribution < 1.29 is 9.18 Å². The van der Waals surface area contributed by atoms with Gasteiger partial charge in [0.25, 0.3) is 5.91 Å². The Balaban J connectivity index is 1.19. The van der Waals surface area contributed by atoms with E-state index in [0.29, 0.717) is 48.5 Å². The molecule has 214 valence electrons. The summed E-state index contributed by atoms with van der Waals surface area (Å²) in [7, 11) is 0. The SMILES string of the molecule is Cc1ccc(CCN2Cc3cc(N/C(=N/[C@H]4C[C@@]5(C)C[C@@H](C5C)[C@@H]4C)N4CCN[C@@H](C)C4)ccc3C2=O)c(F)c1. The lowest BCUT2D eigenvalue weighted by molar-refractivity contribution is -0.107. The molecule has 7 rings (SSSR count). The van der Waals surface area contributed by atoms with Crippen LogP contribution in [0.2, 0.25) is 0 Å². The van der Waals surface area contributed by atoms with E-state index in [4.69, 9.17) is 4.99 Å². The number of aryl methyl sites for hydroxylation is 1. The van der Waals surface area contributed by atoms with Gasteiger partial charge >= 0.3 is 0 Å². The van der Waals surface area contributed by atoms with Crippen LogP contribution in [0.25, 0.3) is 0 Å². The number of carbonyl (C=O) groups is 1. The smallest absolute Gasteiger partial charge is 0.254 e. The van der Waals surface area contributed by atoms with E-state index >= 15 is 0 Å². The Labute approximate surface area is 238 Å². The molecule has 2 N–H and O–H groups in total. The van der Waals surface area contributed by atoms with Crippen molar-refractivity contribution in [2.75, 3.05) is 31.5 Å². The summed E-state index contributed by atoms with van der Waals surface area (Å²) in [6, 6.07) is 12.1. The molecule has 2 heterocycles. The lowest BCUT2D eigenvalue weighted by atomic mass is 9.44. The third-order valence-electron chi connectivity index (χ3n) is 10.5. The fraction of sp³-hybridized carbons (Fsp3) is 0.576. The average molecular weight is 546 g/mol. The summed E-state index contributed by atoms with van der Waals surface area (Å²) < 4.78 is 14.4.